The molecule has 0 aliphatic carbocycles. The number of nitriles is 1. The molecule has 0 saturated heterocycles. The van der Waals surface area contributed by atoms with Crippen LogP contribution in [0.4, 0.5) is 0 Å². The maximum absolute atomic E-state index is 7.94. The second-order valence-electron chi connectivity index (χ2n) is 1.16. The van der Waals surface area contributed by atoms with Gasteiger partial charge in [0.05, 0.1) is 0 Å². The van der Waals surface area contributed by atoms with Gasteiger partial charge in [-0.15, -0.1) is 0 Å². The highest BCUT2D eigenvalue weighted by atomic mass is 14.8. The van der Waals surface area contributed by atoms with Gasteiger partial charge in [-0.3, -0.25) is 0 Å². The van der Waals surface area contributed by atoms with Crippen LogP contribution >= 0.6 is 0 Å². The lowest BCUT2D eigenvalue weighted by Gasteiger charge is -1.81. The van der Waals surface area contributed by atoms with Crippen molar-refractivity contribution in [1.82, 2.24) is 5.32 Å². The molecular weight excluding hydrogens is 100 g/mol. The Morgan fingerprint density at radius 3 is 3.00 bits per heavy atom. The molecule has 0 unspecified atom stereocenters. The fraction of sp³-hybridized carbons (Fsp3) is 0.167. The molecule has 0 atom stereocenters. The van der Waals surface area contributed by atoms with E-state index in [9.17, 15) is 0 Å². The van der Waals surface area contributed by atoms with Gasteiger partial charge < -0.3 is 5.32 Å². The largest absolute Gasteiger partial charge is 0.320 e. The molecule has 0 spiro atoms. The summed E-state index contributed by atoms with van der Waals surface area (Å²) in [5.74, 6) is 0. The summed E-state index contributed by atoms with van der Waals surface area (Å²) < 4.78 is 0. The third-order valence-corrected chi connectivity index (χ3v) is 0.571. The maximum atomic E-state index is 7.94. The Hall–Kier alpha value is -1.23. The summed E-state index contributed by atoms with van der Waals surface area (Å²) in [6.45, 7) is 4.05. The second-order valence-corrected chi connectivity index (χ2v) is 1.16. The molecule has 0 heterocycles. The van der Waals surface area contributed by atoms with E-state index in [4.69, 9.17) is 5.26 Å². The molecule has 2 nitrogen and oxygen atoms in total. The summed E-state index contributed by atoms with van der Waals surface area (Å²) in [5.41, 5.74) is 0. The van der Waals surface area contributed by atoms with Crippen LogP contribution in [0.15, 0.2) is 24.8 Å². The molecule has 0 aliphatic rings. The van der Waals surface area contributed by atoms with E-state index in [2.05, 4.69) is 11.9 Å². The SMILES string of the molecule is C=CC=CCNC#N. The molecule has 2 heteroatoms. The van der Waals surface area contributed by atoms with Crippen molar-refractivity contribution in [2.24, 2.45) is 0 Å². The van der Waals surface area contributed by atoms with Crippen molar-refractivity contribution in [3.05, 3.63) is 24.8 Å². The quantitative estimate of drug-likeness (QED) is 0.251. The number of nitrogens with one attached hydrogen (secondary N) is 1. The first kappa shape index (κ1) is 6.77. The molecular formula is C6H8N2. The van der Waals surface area contributed by atoms with E-state index in [1.54, 1.807) is 18.3 Å². The zero-order chi connectivity index (χ0) is 6.24. The van der Waals surface area contributed by atoms with E-state index in [-0.39, 0.29) is 0 Å². The summed E-state index contributed by atoms with van der Waals surface area (Å²) in [4.78, 5) is 0. The molecule has 1 N–H and O–H groups in total. The second kappa shape index (κ2) is 5.77. The van der Waals surface area contributed by atoms with E-state index in [1.165, 1.54) is 0 Å². The van der Waals surface area contributed by atoms with Crippen LogP contribution in [0.5, 0.6) is 0 Å². The predicted octanol–water partition coefficient (Wildman–Crippen LogP) is 0.799. The predicted molar refractivity (Wildman–Crippen MR) is 33.0 cm³/mol. The van der Waals surface area contributed by atoms with Crippen molar-refractivity contribution in [2.75, 3.05) is 6.54 Å². The van der Waals surface area contributed by atoms with Gasteiger partial charge in [0.25, 0.3) is 0 Å². The van der Waals surface area contributed by atoms with Crippen LogP contribution in [0.2, 0.25) is 0 Å². The van der Waals surface area contributed by atoms with Crippen LogP contribution in [-0.4, -0.2) is 6.54 Å². The Balaban J connectivity index is 3.06. The zero-order valence-corrected chi connectivity index (χ0v) is 4.59. The van der Waals surface area contributed by atoms with Crippen LogP contribution in [0, 0.1) is 11.5 Å². The highest BCUT2D eigenvalue weighted by Crippen LogP contribution is 1.68. The molecule has 42 valence electrons. The summed E-state index contributed by atoms with van der Waals surface area (Å²) in [6.07, 6.45) is 7.05. The molecule has 0 bridgehead atoms. The molecule has 0 fully saturated rings. The Labute approximate surface area is 49.1 Å². The van der Waals surface area contributed by atoms with Crippen LogP contribution in [0.1, 0.15) is 0 Å². The first-order chi connectivity index (χ1) is 3.91. The molecule has 0 aromatic heterocycles. The Morgan fingerprint density at radius 2 is 2.50 bits per heavy atom. The van der Waals surface area contributed by atoms with Crippen LogP contribution in [-0.2, 0) is 0 Å². The molecule has 8 heavy (non-hydrogen) atoms. The van der Waals surface area contributed by atoms with Crippen molar-refractivity contribution < 1.29 is 0 Å². The van der Waals surface area contributed by atoms with Crippen molar-refractivity contribution in [3.8, 4) is 6.19 Å². The number of rotatable bonds is 3. The lowest BCUT2D eigenvalue weighted by Crippen LogP contribution is -2.02. The van der Waals surface area contributed by atoms with Gasteiger partial charge in [-0.05, 0) is 0 Å². The van der Waals surface area contributed by atoms with Crippen molar-refractivity contribution in [3.63, 3.8) is 0 Å². The standard InChI is InChI=1S/C6H8N2/c1-2-3-4-5-8-6-7/h2-4,8H,1,5H2. The first-order valence-electron chi connectivity index (χ1n) is 2.31. The molecule has 0 aromatic rings. The van der Waals surface area contributed by atoms with Gasteiger partial charge in [0.2, 0.25) is 0 Å². The van der Waals surface area contributed by atoms with E-state index < -0.39 is 0 Å². The van der Waals surface area contributed by atoms with Gasteiger partial charge >= 0.3 is 0 Å². The monoisotopic (exact) mass is 108 g/mol. The molecule has 0 amide bonds. The zero-order valence-electron chi connectivity index (χ0n) is 4.59. The Kier molecular flexibility index (Phi) is 4.88. The van der Waals surface area contributed by atoms with Gasteiger partial charge in [0, 0.05) is 6.54 Å². The third kappa shape index (κ3) is 4.77. The minimum Gasteiger partial charge on any atom is -0.320 e. The summed E-state index contributed by atoms with van der Waals surface area (Å²) in [7, 11) is 0. The lowest BCUT2D eigenvalue weighted by atomic mass is 10.5. The molecule has 0 aliphatic heterocycles. The summed E-state index contributed by atoms with van der Waals surface area (Å²) >= 11 is 0. The van der Waals surface area contributed by atoms with Gasteiger partial charge in [0.1, 0.15) is 0 Å². The minimum absolute atomic E-state index is 0.586. The van der Waals surface area contributed by atoms with E-state index in [1.807, 2.05) is 6.08 Å². The fourth-order valence-electron chi connectivity index (χ4n) is 0.269. The van der Waals surface area contributed by atoms with Crippen LogP contribution in [0.3, 0.4) is 0 Å². The smallest absolute Gasteiger partial charge is 0.176 e. The average molecular weight is 108 g/mol. The lowest BCUT2D eigenvalue weighted by molar-refractivity contribution is 1.00. The topological polar surface area (TPSA) is 35.8 Å². The van der Waals surface area contributed by atoms with Gasteiger partial charge in [-0.1, -0.05) is 24.8 Å². The summed E-state index contributed by atoms with van der Waals surface area (Å²) in [5, 5.41) is 10.4. The number of hydrogen-bond donors (Lipinski definition) is 1. The molecule has 0 saturated carbocycles. The van der Waals surface area contributed by atoms with Gasteiger partial charge in [-0.2, -0.15) is 5.26 Å². The van der Waals surface area contributed by atoms with E-state index in [0.717, 1.165) is 0 Å². The van der Waals surface area contributed by atoms with Crippen molar-refractivity contribution in [2.45, 2.75) is 0 Å². The molecule has 0 radical (unpaired) electrons. The number of hydrogen-bond acceptors (Lipinski definition) is 2. The Bertz CT molecular complexity index is 119. The highest BCUT2D eigenvalue weighted by Gasteiger charge is 1.67. The van der Waals surface area contributed by atoms with E-state index in [0.29, 0.717) is 6.54 Å². The molecule has 0 aromatic carbocycles. The highest BCUT2D eigenvalue weighted by molar-refractivity contribution is 4.98. The van der Waals surface area contributed by atoms with Crippen LogP contribution < -0.4 is 5.32 Å². The van der Waals surface area contributed by atoms with Gasteiger partial charge in [0.15, 0.2) is 6.19 Å². The number of nitrogens with zero attached hydrogens (tertiary/aromatic N) is 1. The fourth-order valence-corrected chi connectivity index (χ4v) is 0.269. The van der Waals surface area contributed by atoms with Crippen molar-refractivity contribution in [1.29, 1.82) is 5.26 Å². The minimum atomic E-state index is 0.586. The third-order valence-electron chi connectivity index (χ3n) is 0.571. The van der Waals surface area contributed by atoms with Gasteiger partial charge in [-0.25, -0.2) is 0 Å². The first-order valence-corrected chi connectivity index (χ1v) is 2.31. The van der Waals surface area contributed by atoms with E-state index >= 15 is 0 Å². The summed E-state index contributed by atoms with van der Waals surface area (Å²) in [6, 6.07) is 0. The number of allylic oxidation sites excluding steroid dienone is 2. The Morgan fingerprint density at radius 1 is 1.75 bits per heavy atom. The maximum Gasteiger partial charge on any atom is 0.176 e. The normalized spacial score (nSPS) is 8.38. The van der Waals surface area contributed by atoms with Crippen molar-refractivity contribution >= 4 is 0 Å². The van der Waals surface area contributed by atoms with Crippen LogP contribution in [0.25, 0.3) is 0 Å². The average Bonchev–Trinajstić information content (AvgIpc) is 1.81. The molecule has 0 rings (SSSR count).